The fraction of sp³-hybridized carbons (Fsp3) is 0.316. The first-order valence-electron chi connectivity index (χ1n) is 8.51. The maximum Gasteiger partial charge on any atom is 0.338 e. The van der Waals surface area contributed by atoms with Gasteiger partial charge in [0, 0.05) is 0 Å². The van der Waals surface area contributed by atoms with E-state index in [1.807, 2.05) is 0 Å². The molecule has 1 fully saturated rings. The van der Waals surface area contributed by atoms with Crippen molar-refractivity contribution < 1.29 is 37.1 Å². The third kappa shape index (κ3) is 4.57. The minimum absolute atomic E-state index is 0.126. The Morgan fingerprint density at radius 2 is 1.68 bits per heavy atom. The van der Waals surface area contributed by atoms with Crippen LogP contribution >= 0.6 is 0 Å². The second kappa shape index (κ2) is 8.38. The highest BCUT2D eigenvalue weighted by atomic mass is 32.2. The predicted molar refractivity (Wildman–Crippen MR) is 96.8 cm³/mol. The average molecular weight is 408 g/mol. The lowest BCUT2D eigenvalue weighted by Gasteiger charge is -2.36. The summed E-state index contributed by atoms with van der Waals surface area (Å²) in [4.78, 5) is 12.2. The van der Waals surface area contributed by atoms with E-state index in [9.17, 15) is 23.4 Å². The van der Waals surface area contributed by atoms with Gasteiger partial charge in [0.1, 0.15) is 12.2 Å². The lowest BCUT2D eigenvalue weighted by atomic mass is 10.1. The van der Waals surface area contributed by atoms with E-state index in [1.54, 1.807) is 37.3 Å². The fourth-order valence-corrected chi connectivity index (χ4v) is 3.80. The molecule has 0 aliphatic carbocycles. The second-order valence-electron chi connectivity index (χ2n) is 6.36. The van der Waals surface area contributed by atoms with Gasteiger partial charge in [0.2, 0.25) is 0 Å². The van der Waals surface area contributed by atoms with Crippen molar-refractivity contribution in [3.05, 3.63) is 65.7 Å². The van der Waals surface area contributed by atoms with Crippen molar-refractivity contribution in [3.8, 4) is 0 Å². The molecular weight excluding hydrogens is 388 g/mol. The van der Waals surface area contributed by atoms with Gasteiger partial charge in [-0.15, -0.1) is 0 Å². The van der Waals surface area contributed by atoms with Crippen LogP contribution in [0.5, 0.6) is 0 Å². The van der Waals surface area contributed by atoms with Crippen molar-refractivity contribution in [2.24, 2.45) is 0 Å². The molecular formula is C19H20O8S. The highest BCUT2D eigenvalue weighted by molar-refractivity contribution is 7.86. The SMILES string of the molecule is Cc1ccc(S(=O)(=O)O[C@@H]2[C@@H](OC(=O)c3ccccc3)[C@@H](O)OC[C@@H]2O)cc1. The zero-order valence-corrected chi connectivity index (χ0v) is 15.8. The van der Waals surface area contributed by atoms with Crippen molar-refractivity contribution in [3.63, 3.8) is 0 Å². The van der Waals surface area contributed by atoms with Gasteiger partial charge in [-0.05, 0) is 31.2 Å². The van der Waals surface area contributed by atoms with Gasteiger partial charge in [-0.1, -0.05) is 35.9 Å². The first-order chi connectivity index (χ1) is 13.3. The molecule has 0 radical (unpaired) electrons. The topological polar surface area (TPSA) is 119 Å². The van der Waals surface area contributed by atoms with Crippen molar-refractivity contribution in [1.29, 1.82) is 0 Å². The summed E-state index contributed by atoms with van der Waals surface area (Å²) in [5, 5.41) is 20.2. The van der Waals surface area contributed by atoms with E-state index in [1.165, 1.54) is 24.3 Å². The number of carbonyl (C=O) groups is 1. The number of aliphatic hydroxyl groups is 2. The molecule has 2 aromatic carbocycles. The molecule has 0 amide bonds. The number of benzene rings is 2. The molecule has 1 heterocycles. The Morgan fingerprint density at radius 1 is 1.04 bits per heavy atom. The van der Waals surface area contributed by atoms with E-state index in [-0.39, 0.29) is 17.1 Å². The van der Waals surface area contributed by atoms with Crippen LogP contribution in [-0.2, 0) is 23.8 Å². The van der Waals surface area contributed by atoms with Gasteiger partial charge >= 0.3 is 5.97 Å². The summed E-state index contributed by atoms with van der Waals surface area (Å²) in [6.07, 6.45) is -6.18. The van der Waals surface area contributed by atoms with E-state index in [2.05, 4.69) is 0 Å². The van der Waals surface area contributed by atoms with Crippen LogP contribution in [0, 0.1) is 6.92 Å². The van der Waals surface area contributed by atoms with E-state index in [0.717, 1.165) is 5.56 Å². The molecule has 1 aliphatic rings. The van der Waals surface area contributed by atoms with Gasteiger partial charge in [0.05, 0.1) is 17.1 Å². The first kappa shape index (κ1) is 20.4. The van der Waals surface area contributed by atoms with Crippen molar-refractivity contribution >= 4 is 16.1 Å². The standard InChI is InChI=1S/C19H20O8S/c1-12-7-9-14(10-8-12)28(23,24)27-16-15(20)11-25-19(22)17(16)26-18(21)13-5-3-2-4-6-13/h2-10,15-17,19-20,22H,11H2,1H3/t15-,16-,17+,19-/m0/s1. The summed E-state index contributed by atoms with van der Waals surface area (Å²) < 4.78 is 40.4. The van der Waals surface area contributed by atoms with Gasteiger partial charge in [-0.2, -0.15) is 8.42 Å². The Bertz CT molecular complexity index is 911. The van der Waals surface area contributed by atoms with Crippen LogP contribution in [0.3, 0.4) is 0 Å². The average Bonchev–Trinajstić information content (AvgIpc) is 2.68. The molecule has 3 rings (SSSR count). The molecule has 0 bridgehead atoms. The molecule has 0 aromatic heterocycles. The van der Waals surface area contributed by atoms with Crippen LogP contribution < -0.4 is 0 Å². The Morgan fingerprint density at radius 3 is 2.32 bits per heavy atom. The summed E-state index contributed by atoms with van der Waals surface area (Å²) in [6.45, 7) is 1.42. The lowest BCUT2D eigenvalue weighted by molar-refractivity contribution is -0.245. The van der Waals surface area contributed by atoms with Gasteiger partial charge in [-0.3, -0.25) is 4.18 Å². The largest absolute Gasteiger partial charge is 0.450 e. The van der Waals surface area contributed by atoms with Crippen LogP contribution in [0.1, 0.15) is 15.9 Å². The van der Waals surface area contributed by atoms with E-state index in [4.69, 9.17) is 13.7 Å². The van der Waals surface area contributed by atoms with Crippen LogP contribution in [0.15, 0.2) is 59.5 Å². The zero-order chi connectivity index (χ0) is 20.3. The first-order valence-corrected chi connectivity index (χ1v) is 9.92. The van der Waals surface area contributed by atoms with Crippen molar-refractivity contribution in [1.82, 2.24) is 0 Å². The number of carbonyl (C=O) groups excluding carboxylic acids is 1. The van der Waals surface area contributed by atoms with Crippen molar-refractivity contribution in [2.45, 2.75) is 36.4 Å². The lowest BCUT2D eigenvalue weighted by Crippen LogP contribution is -2.56. The predicted octanol–water partition coefficient (Wildman–Crippen LogP) is 1.00. The molecule has 0 spiro atoms. The molecule has 1 aliphatic heterocycles. The number of rotatable bonds is 5. The quantitative estimate of drug-likeness (QED) is 0.556. The maximum atomic E-state index is 12.6. The van der Waals surface area contributed by atoms with Crippen molar-refractivity contribution in [2.75, 3.05) is 6.61 Å². The molecule has 2 N–H and O–H groups in total. The summed E-state index contributed by atoms with van der Waals surface area (Å²) in [5.74, 6) is -0.816. The monoisotopic (exact) mass is 408 g/mol. The Labute approximate surface area is 162 Å². The molecule has 9 heteroatoms. The summed E-state index contributed by atoms with van der Waals surface area (Å²) in [7, 11) is -4.28. The molecule has 2 aromatic rings. The van der Waals surface area contributed by atoms with Crippen LogP contribution in [-0.4, -0.2) is 55.8 Å². The number of ether oxygens (including phenoxy) is 2. The summed E-state index contributed by atoms with van der Waals surface area (Å²) in [5.41, 5.74) is 1.05. The summed E-state index contributed by atoms with van der Waals surface area (Å²) >= 11 is 0. The van der Waals surface area contributed by atoms with E-state index in [0.29, 0.717) is 0 Å². The maximum absolute atomic E-state index is 12.6. The Balaban J connectivity index is 1.83. The number of esters is 1. The third-order valence-corrected chi connectivity index (χ3v) is 5.55. The second-order valence-corrected chi connectivity index (χ2v) is 7.93. The molecule has 8 nitrogen and oxygen atoms in total. The van der Waals surface area contributed by atoms with E-state index < -0.39 is 40.7 Å². The molecule has 0 saturated carbocycles. The Kier molecular flexibility index (Phi) is 6.11. The Hall–Kier alpha value is -2.30. The zero-order valence-electron chi connectivity index (χ0n) is 15.0. The van der Waals surface area contributed by atoms with Gasteiger partial charge in [-0.25, -0.2) is 4.79 Å². The minimum Gasteiger partial charge on any atom is -0.450 e. The smallest absolute Gasteiger partial charge is 0.338 e. The van der Waals surface area contributed by atoms with Gasteiger partial charge in [0.25, 0.3) is 10.1 Å². The fourth-order valence-electron chi connectivity index (χ4n) is 2.68. The van der Waals surface area contributed by atoms with Crippen LogP contribution in [0.2, 0.25) is 0 Å². The number of aryl methyl sites for hydroxylation is 1. The van der Waals surface area contributed by atoms with Crippen LogP contribution in [0.25, 0.3) is 0 Å². The van der Waals surface area contributed by atoms with E-state index >= 15 is 0 Å². The third-order valence-electron chi connectivity index (χ3n) is 4.22. The molecule has 0 unspecified atom stereocenters. The molecule has 1 saturated heterocycles. The highest BCUT2D eigenvalue weighted by Gasteiger charge is 2.45. The minimum atomic E-state index is -4.28. The number of aliphatic hydroxyl groups excluding tert-OH is 2. The summed E-state index contributed by atoms with van der Waals surface area (Å²) in [6, 6.07) is 13.8. The molecule has 28 heavy (non-hydrogen) atoms. The molecule has 4 atom stereocenters. The van der Waals surface area contributed by atoms with Gasteiger partial charge < -0.3 is 19.7 Å². The number of hydrogen-bond donors (Lipinski definition) is 2. The highest BCUT2D eigenvalue weighted by Crippen LogP contribution is 2.25. The number of hydrogen-bond acceptors (Lipinski definition) is 8. The van der Waals surface area contributed by atoms with Gasteiger partial charge in [0.15, 0.2) is 12.4 Å². The normalized spacial score (nSPS) is 25.2. The van der Waals surface area contributed by atoms with Crippen LogP contribution in [0.4, 0.5) is 0 Å². The molecule has 150 valence electrons.